The smallest absolute Gasteiger partial charge is 0.254 e. The first kappa shape index (κ1) is 22.1. The van der Waals surface area contributed by atoms with Gasteiger partial charge in [-0.2, -0.15) is 5.10 Å². The molecule has 0 aromatic carbocycles. The minimum atomic E-state index is -0.189. The maximum atomic E-state index is 12.9. The molecule has 1 amide bonds. The molecule has 4 rings (SSSR count). The molecule has 0 saturated carbocycles. The van der Waals surface area contributed by atoms with Crippen LogP contribution in [0.15, 0.2) is 12.4 Å². The molecule has 0 bridgehead atoms. The molecular weight excluding hydrogens is 406 g/mol. The Morgan fingerprint density at radius 2 is 1.97 bits per heavy atom. The molecule has 1 aliphatic heterocycles. The lowest BCUT2D eigenvalue weighted by Crippen LogP contribution is -2.30. The van der Waals surface area contributed by atoms with Gasteiger partial charge in [0.15, 0.2) is 5.65 Å². The summed E-state index contributed by atoms with van der Waals surface area (Å²) in [4.78, 5) is 26.3. The third kappa shape index (κ3) is 4.43. The van der Waals surface area contributed by atoms with Crippen molar-refractivity contribution in [2.45, 2.75) is 66.1 Å². The Hall–Kier alpha value is -3.07. The number of aromatic nitrogens is 5. The van der Waals surface area contributed by atoms with E-state index in [-0.39, 0.29) is 5.91 Å². The van der Waals surface area contributed by atoms with Crippen LogP contribution >= 0.6 is 0 Å². The van der Waals surface area contributed by atoms with Crippen molar-refractivity contribution in [2.75, 3.05) is 18.5 Å². The van der Waals surface area contributed by atoms with Crippen molar-refractivity contribution in [1.82, 2.24) is 30.0 Å². The van der Waals surface area contributed by atoms with E-state index in [0.717, 1.165) is 67.0 Å². The number of pyridine rings is 1. The van der Waals surface area contributed by atoms with E-state index in [4.69, 9.17) is 9.72 Å². The summed E-state index contributed by atoms with van der Waals surface area (Å²) in [5.41, 5.74) is 5.00. The largest absolute Gasteiger partial charge is 0.381 e. The molecule has 0 spiro atoms. The number of carbonyl (C=O) groups is 1. The van der Waals surface area contributed by atoms with E-state index in [2.05, 4.69) is 39.5 Å². The summed E-state index contributed by atoms with van der Waals surface area (Å²) in [7, 11) is 0. The number of hydrogen-bond acceptors (Lipinski definition) is 7. The van der Waals surface area contributed by atoms with Crippen molar-refractivity contribution in [1.29, 1.82) is 0 Å². The quantitative estimate of drug-likeness (QED) is 0.585. The van der Waals surface area contributed by atoms with Crippen LogP contribution < -0.4 is 10.6 Å². The second-order valence-electron chi connectivity index (χ2n) is 8.09. The zero-order valence-electron chi connectivity index (χ0n) is 19.2. The molecule has 1 fully saturated rings. The number of hydrogen-bond donors (Lipinski definition) is 2. The first-order chi connectivity index (χ1) is 15.5. The Morgan fingerprint density at radius 3 is 2.66 bits per heavy atom. The van der Waals surface area contributed by atoms with Gasteiger partial charge in [-0.1, -0.05) is 6.92 Å². The van der Waals surface area contributed by atoms with E-state index in [1.807, 2.05) is 24.7 Å². The zero-order valence-corrected chi connectivity index (χ0v) is 19.2. The first-order valence-electron chi connectivity index (χ1n) is 11.3. The third-order valence-corrected chi connectivity index (χ3v) is 5.95. The summed E-state index contributed by atoms with van der Waals surface area (Å²) in [5, 5.41) is 12.3. The molecule has 4 heterocycles. The molecule has 170 valence electrons. The van der Waals surface area contributed by atoms with Crippen LogP contribution in [-0.4, -0.2) is 49.9 Å². The van der Waals surface area contributed by atoms with Crippen LogP contribution in [0.3, 0.4) is 0 Å². The van der Waals surface area contributed by atoms with Gasteiger partial charge in [-0.05, 0) is 40.0 Å². The number of amides is 1. The fourth-order valence-electron chi connectivity index (χ4n) is 4.17. The molecule has 1 aliphatic rings. The van der Waals surface area contributed by atoms with Gasteiger partial charge in [0.05, 0.1) is 28.5 Å². The molecule has 2 N–H and O–H groups in total. The van der Waals surface area contributed by atoms with Gasteiger partial charge in [-0.15, -0.1) is 0 Å². The fourth-order valence-corrected chi connectivity index (χ4v) is 4.17. The molecule has 32 heavy (non-hydrogen) atoms. The van der Waals surface area contributed by atoms with Crippen molar-refractivity contribution in [3.63, 3.8) is 0 Å². The predicted molar refractivity (Wildman–Crippen MR) is 123 cm³/mol. The highest BCUT2D eigenvalue weighted by Gasteiger charge is 2.22. The van der Waals surface area contributed by atoms with Crippen LogP contribution in [0.5, 0.6) is 0 Å². The number of ether oxygens (including phenoxy) is 1. The number of carbonyl (C=O) groups excluding carboxylic acids is 1. The van der Waals surface area contributed by atoms with Gasteiger partial charge in [-0.3, -0.25) is 4.79 Å². The predicted octanol–water partition coefficient (Wildman–Crippen LogP) is 2.94. The minimum absolute atomic E-state index is 0.189. The molecule has 0 aliphatic carbocycles. The van der Waals surface area contributed by atoms with Crippen LogP contribution in [0, 0.1) is 13.8 Å². The molecule has 3 aromatic heterocycles. The van der Waals surface area contributed by atoms with Gasteiger partial charge in [0.1, 0.15) is 5.82 Å². The number of fused-ring (bicyclic) bond motifs is 1. The highest BCUT2D eigenvalue weighted by molar-refractivity contribution is 5.95. The van der Waals surface area contributed by atoms with Crippen molar-refractivity contribution in [3.8, 4) is 0 Å². The van der Waals surface area contributed by atoms with E-state index in [1.54, 1.807) is 6.20 Å². The zero-order chi connectivity index (χ0) is 22.7. The minimum Gasteiger partial charge on any atom is -0.381 e. The van der Waals surface area contributed by atoms with Gasteiger partial charge in [0, 0.05) is 49.8 Å². The fraction of sp³-hybridized carbons (Fsp3) is 0.522. The first-order valence-corrected chi connectivity index (χ1v) is 11.3. The topological polar surface area (TPSA) is 107 Å². The number of aryl methyl sites for hydroxylation is 4. The number of anilines is 1. The van der Waals surface area contributed by atoms with Crippen LogP contribution in [0.4, 0.5) is 5.69 Å². The summed E-state index contributed by atoms with van der Waals surface area (Å²) in [6.45, 7) is 10.4. The maximum Gasteiger partial charge on any atom is 0.254 e. The molecule has 9 heteroatoms. The Morgan fingerprint density at radius 1 is 1.19 bits per heavy atom. The van der Waals surface area contributed by atoms with E-state index >= 15 is 0 Å². The number of nitrogens with one attached hydrogen (secondary N) is 2. The molecule has 1 saturated heterocycles. The van der Waals surface area contributed by atoms with Gasteiger partial charge >= 0.3 is 0 Å². The Balaban J connectivity index is 1.69. The lowest BCUT2D eigenvalue weighted by Gasteiger charge is -2.26. The van der Waals surface area contributed by atoms with Crippen LogP contribution in [-0.2, 0) is 24.2 Å². The average Bonchev–Trinajstić information content (AvgIpc) is 3.21. The lowest BCUT2D eigenvalue weighted by molar-refractivity contribution is 0.0904. The maximum absolute atomic E-state index is 12.9. The van der Waals surface area contributed by atoms with Crippen molar-refractivity contribution >= 4 is 22.6 Å². The molecule has 0 atom stereocenters. The molecular formula is C23H31N7O2. The van der Waals surface area contributed by atoms with Gasteiger partial charge in [-0.25, -0.2) is 19.6 Å². The van der Waals surface area contributed by atoms with Crippen LogP contribution in [0.1, 0.15) is 59.8 Å². The highest BCUT2D eigenvalue weighted by atomic mass is 16.5. The summed E-state index contributed by atoms with van der Waals surface area (Å²) in [6.07, 6.45) is 6.10. The summed E-state index contributed by atoms with van der Waals surface area (Å²) in [6, 6.07) is 0.311. The van der Waals surface area contributed by atoms with Crippen LogP contribution in [0.2, 0.25) is 0 Å². The van der Waals surface area contributed by atoms with E-state index in [1.165, 1.54) is 0 Å². The standard InChI is InChI=1S/C23H31N7O2/c1-5-20-18(12-25-23(31)17-11-24-15(4)27-14(17)3)21(28-16-7-9-32-10-8-16)19-13-26-30(6-2)22(19)29-20/h11,13,16H,5-10,12H2,1-4H3,(H,25,31)(H,28,29). The van der Waals surface area contributed by atoms with E-state index in [0.29, 0.717) is 29.7 Å². The lowest BCUT2D eigenvalue weighted by atomic mass is 10.0. The second kappa shape index (κ2) is 9.60. The van der Waals surface area contributed by atoms with E-state index < -0.39 is 0 Å². The Bertz CT molecular complexity index is 1120. The van der Waals surface area contributed by atoms with Crippen LogP contribution in [0.25, 0.3) is 11.0 Å². The van der Waals surface area contributed by atoms with E-state index in [9.17, 15) is 4.79 Å². The summed E-state index contributed by atoms with van der Waals surface area (Å²) in [5.74, 6) is 0.462. The van der Waals surface area contributed by atoms with Crippen molar-refractivity contribution in [2.24, 2.45) is 0 Å². The second-order valence-corrected chi connectivity index (χ2v) is 8.09. The van der Waals surface area contributed by atoms with Crippen molar-refractivity contribution < 1.29 is 9.53 Å². The Labute approximate surface area is 188 Å². The monoisotopic (exact) mass is 437 g/mol. The highest BCUT2D eigenvalue weighted by Crippen LogP contribution is 2.31. The van der Waals surface area contributed by atoms with Gasteiger partial charge < -0.3 is 15.4 Å². The summed E-state index contributed by atoms with van der Waals surface area (Å²) >= 11 is 0. The number of nitrogens with zero attached hydrogens (tertiary/aromatic N) is 5. The summed E-state index contributed by atoms with van der Waals surface area (Å²) < 4.78 is 7.45. The van der Waals surface area contributed by atoms with Crippen molar-refractivity contribution in [3.05, 3.63) is 40.7 Å². The molecule has 3 aromatic rings. The number of rotatable bonds is 7. The SMILES string of the molecule is CCc1nc2c(cnn2CC)c(NC2CCOCC2)c1CNC(=O)c1cnc(C)nc1C. The molecule has 0 radical (unpaired) electrons. The average molecular weight is 438 g/mol. The normalized spacial score (nSPS) is 14.6. The Kier molecular flexibility index (Phi) is 6.64. The third-order valence-electron chi connectivity index (χ3n) is 5.95. The molecule has 0 unspecified atom stereocenters. The van der Waals surface area contributed by atoms with Gasteiger partial charge in [0.2, 0.25) is 0 Å². The molecule has 9 nitrogen and oxygen atoms in total. The van der Waals surface area contributed by atoms with Gasteiger partial charge in [0.25, 0.3) is 5.91 Å².